The van der Waals surface area contributed by atoms with Gasteiger partial charge >= 0.3 is 0 Å². The first kappa shape index (κ1) is 16.9. The van der Waals surface area contributed by atoms with Crippen LogP contribution in [0, 0.1) is 0 Å². The van der Waals surface area contributed by atoms with Gasteiger partial charge in [-0.2, -0.15) is 0 Å². The molecule has 3 rings (SSSR count). The van der Waals surface area contributed by atoms with Crippen molar-refractivity contribution in [3.05, 3.63) is 57.6 Å². The second-order valence-corrected chi connectivity index (χ2v) is 6.10. The molecule has 126 valence electrons. The number of aliphatic hydroxyl groups is 1. The second-order valence-electron chi connectivity index (χ2n) is 5.25. The number of hydrogen-bond acceptors (Lipinski definition) is 4. The fraction of sp³-hybridized carbons (Fsp3) is 0.235. The summed E-state index contributed by atoms with van der Waals surface area (Å²) in [5.74, 6) is 0.827. The molecule has 2 N–H and O–H groups in total. The molecule has 1 aliphatic rings. The fourth-order valence-corrected chi connectivity index (χ4v) is 2.72. The van der Waals surface area contributed by atoms with E-state index in [1.54, 1.807) is 30.3 Å². The molecule has 0 saturated carbocycles. The van der Waals surface area contributed by atoms with Gasteiger partial charge in [0.1, 0.15) is 13.2 Å². The van der Waals surface area contributed by atoms with E-state index in [-0.39, 0.29) is 12.1 Å². The molecule has 1 heterocycles. The van der Waals surface area contributed by atoms with Crippen LogP contribution in [0.3, 0.4) is 0 Å². The Bertz CT molecular complexity index is 766. The molecule has 2 aromatic rings. The van der Waals surface area contributed by atoms with Crippen LogP contribution in [-0.2, 0) is 0 Å². The van der Waals surface area contributed by atoms with Crippen LogP contribution in [-0.4, -0.2) is 30.8 Å². The number of benzene rings is 2. The van der Waals surface area contributed by atoms with Crippen molar-refractivity contribution in [2.75, 3.05) is 19.8 Å². The molecular weight excluding hydrogens is 353 g/mol. The number of fused-ring (bicyclic) bond motifs is 1. The third kappa shape index (κ3) is 3.75. The summed E-state index contributed by atoms with van der Waals surface area (Å²) in [6, 6.07) is 9.81. The monoisotopic (exact) mass is 367 g/mol. The molecule has 0 bridgehead atoms. The van der Waals surface area contributed by atoms with E-state index in [9.17, 15) is 9.90 Å². The highest BCUT2D eigenvalue weighted by molar-refractivity contribution is 6.35. The zero-order valence-electron chi connectivity index (χ0n) is 12.6. The van der Waals surface area contributed by atoms with Gasteiger partial charge in [0.15, 0.2) is 11.5 Å². The number of hydrogen-bond donors (Lipinski definition) is 2. The van der Waals surface area contributed by atoms with Gasteiger partial charge in [0.05, 0.1) is 16.7 Å². The van der Waals surface area contributed by atoms with Crippen LogP contribution in [0.5, 0.6) is 11.5 Å². The lowest BCUT2D eigenvalue weighted by molar-refractivity contribution is 0.0916. The minimum atomic E-state index is -0.886. The third-order valence-electron chi connectivity index (χ3n) is 3.58. The van der Waals surface area contributed by atoms with Gasteiger partial charge in [0, 0.05) is 11.6 Å². The zero-order chi connectivity index (χ0) is 17.1. The Hall–Kier alpha value is -1.95. The summed E-state index contributed by atoms with van der Waals surface area (Å²) < 4.78 is 10.9. The summed E-state index contributed by atoms with van der Waals surface area (Å²) >= 11 is 11.9. The largest absolute Gasteiger partial charge is 0.486 e. The Morgan fingerprint density at radius 2 is 1.88 bits per heavy atom. The first-order valence-corrected chi connectivity index (χ1v) is 8.11. The highest BCUT2D eigenvalue weighted by Gasteiger charge is 2.17. The number of halogens is 2. The predicted octanol–water partition coefficient (Wildman–Crippen LogP) is 3.23. The van der Waals surface area contributed by atoms with Crippen molar-refractivity contribution in [1.29, 1.82) is 0 Å². The fourth-order valence-electron chi connectivity index (χ4n) is 2.34. The minimum Gasteiger partial charge on any atom is -0.486 e. The Labute approximate surface area is 149 Å². The summed E-state index contributed by atoms with van der Waals surface area (Å²) in [5.41, 5.74) is 0.885. The molecule has 2 aromatic carbocycles. The number of carbonyl (C=O) groups is 1. The van der Waals surface area contributed by atoms with Gasteiger partial charge in [-0.3, -0.25) is 4.79 Å². The first-order valence-electron chi connectivity index (χ1n) is 7.35. The number of rotatable bonds is 4. The van der Waals surface area contributed by atoms with Gasteiger partial charge in [0.25, 0.3) is 5.91 Å². The lowest BCUT2D eigenvalue weighted by Crippen LogP contribution is -2.28. The average Bonchev–Trinajstić information content (AvgIpc) is 2.61. The molecule has 1 unspecified atom stereocenters. The van der Waals surface area contributed by atoms with Crippen LogP contribution in [0.15, 0.2) is 36.4 Å². The molecule has 0 fully saturated rings. The molecule has 1 aliphatic heterocycles. The van der Waals surface area contributed by atoms with Crippen LogP contribution in [0.25, 0.3) is 0 Å². The molecule has 5 nitrogen and oxygen atoms in total. The van der Waals surface area contributed by atoms with Gasteiger partial charge in [-0.1, -0.05) is 29.3 Å². The normalized spacial score (nSPS) is 14.1. The Morgan fingerprint density at radius 1 is 1.12 bits per heavy atom. The van der Waals surface area contributed by atoms with Gasteiger partial charge in [-0.25, -0.2) is 0 Å². The quantitative estimate of drug-likeness (QED) is 0.870. The summed E-state index contributed by atoms with van der Waals surface area (Å²) in [6.45, 7) is 1.00. The van der Waals surface area contributed by atoms with Crippen molar-refractivity contribution in [2.45, 2.75) is 6.10 Å². The van der Waals surface area contributed by atoms with E-state index in [1.165, 1.54) is 6.07 Å². The first-order chi connectivity index (χ1) is 11.5. The SMILES string of the molecule is O=C(NCC(O)c1ccc2c(c1)OCCO2)c1cc(Cl)ccc1Cl. The van der Waals surface area contributed by atoms with E-state index in [4.69, 9.17) is 32.7 Å². The van der Waals surface area contributed by atoms with Crippen molar-refractivity contribution in [2.24, 2.45) is 0 Å². The zero-order valence-corrected chi connectivity index (χ0v) is 14.1. The molecule has 0 aliphatic carbocycles. The molecule has 0 radical (unpaired) electrons. The smallest absolute Gasteiger partial charge is 0.252 e. The maximum atomic E-state index is 12.2. The van der Waals surface area contributed by atoms with Crippen molar-refractivity contribution in [3.8, 4) is 11.5 Å². The molecule has 0 aromatic heterocycles. The third-order valence-corrected chi connectivity index (χ3v) is 4.14. The Kier molecular flexibility index (Phi) is 5.14. The lowest BCUT2D eigenvalue weighted by Gasteiger charge is -2.20. The number of aliphatic hydroxyl groups excluding tert-OH is 1. The Balaban J connectivity index is 1.66. The van der Waals surface area contributed by atoms with Gasteiger partial charge in [-0.15, -0.1) is 0 Å². The van der Waals surface area contributed by atoms with Gasteiger partial charge in [0.2, 0.25) is 0 Å². The van der Waals surface area contributed by atoms with Crippen LogP contribution < -0.4 is 14.8 Å². The molecule has 0 saturated heterocycles. The standard InChI is InChI=1S/C17H15Cl2NO4/c18-11-2-3-13(19)12(8-11)17(22)20-9-14(21)10-1-4-15-16(7-10)24-6-5-23-15/h1-4,7-8,14,21H,5-6,9H2,(H,20,22). The summed E-state index contributed by atoms with van der Waals surface area (Å²) in [4.78, 5) is 12.2. The molecular formula is C17H15Cl2NO4. The van der Waals surface area contributed by atoms with Gasteiger partial charge in [-0.05, 0) is 35.9 Å². The topological polar surface area (TPSA) is 67.8 Å². The molecule has 7 heteroatoms. The Morgan fingerprint density at radius 3 is 2.67 bits per heavy atom. The van der Waals surface area contributed by atoms with E-state index in [0.717, 1.165) is 0 Å². The summed E-state index contributed by atoms with van der Waals surface area (Å²) in [7, 11) is 0. The summed E-state index contributed by atoms with van der Waals surface area (Å²) in [6.07, 6.45) is -0.886. The van der Waals surface area contributed by atoms with Crippen molar-refractivity contribution >= 4 is 29.1 Å². The molecule has 24 heavy (non-hydrogen) atoms. The van der Waals surface area contributed by atoms with Crippen LogP contribution in [0.4, 0.5) is 0 Å². The summed E-state index contributed by atoms with van der Waals surface area (Å²) in [5, 5.41) is 13.6. The van der Waals surface area contributed by atoms with Crippen LogP contribution in [0.2, 0.25) is 10.0 Å². The number of nitrogens with one attached hydrogen (secondary N) is 1. The highest BCUT2D eigenvalue weighted by Crippen LogP contribution is 2.32. The van der Waals surface area contributed by atoms with Crippen LogP contribution in [0.1, 0.15) is 22.0 Å². The highest BCUT2D eigenvalue weighted by atomic mass is 35.5. The molecule has 1 atom stereocenters. The molecule has 0 spiro atoms. The molecule has 1 amide bonds. The van der Waals surface area contributed by atoms with Crippen molar-refractivity contribution < 1.29 is 19.4 Å². The maximum Gasteiger partial charge on any atom is 0.252 e. The average molecular weight is 368 g/mol. The number of carbonyl (C=O) groups excluding carboxylic acids is 1. The minimum absolute atomic E-state index is 0.0291. The van der Waals surface area contributed by atoms with Gasteiger partial charge < -0.3 is 19.9 Å². The predicted molar refractivity (Wildman–Crippen MR) is 91.2 cm³/mol. The van der Waals surface area contributed by atoms with E-state index in [1.807, 2.05) is 0 Å². The van der Waals surface area contributed by atoms with E-state index in [2.05, 4.69) is 5.32 Å². The number of amides is 1. The van der Waals surface area contributed by atoms with E-state index < -0.39 is 12.0 Å². The van der Waals surface area contributed by atoms with E-state index >= 15 is 0 Å². The van der Waals surface area contributed by atoms with E-state index in [0.29, 0.717) is 40.3 Å². The maximum absolute atomic E-state index is 12.2. The van der Waals surface area contributed by atoms with Crippen molar-refractivity contribution in [3.63, 3.8) is 0 Å². The van der Waals surface area contributed by atoms with Crippen LogP contribution >= 0.6 is 23.2 Å². The van der Waals surface area contributed by atoms with Crippen molar-refractivity contribution in [1.82, 2.24) is 5.32 Å². The second kappa shape index (κ2) is 7.30. The number of ether oxygens (including phenoxy) is 2. The lowest BCUT2D eigenvalue weighted by atomic mass is 10.1.